The molecule has 0 saturated carbocycles. The number of likely N-dealkylation sites (N-methyl/N-ethyl adjacent to an activating group) is 1. The fraction of sp³-hybridized carbons (Fsp3) is 0.261. The first kappa shape index (κ1) is 20.0. The van der Waals surface area contributed by atoms with Gasteiger partial charge in [-0.1, -0.05) is 35.3 Å². The van der Waals surface area contributed by atoms with Crippen LogP contribution in [0.5, 0.6) is 5.75 Å². The molecule has 4 nitrogen and oxygen atoms in total. The number of ether oxygens (including phenoxy) is 1. The maximum Gasteiger partial charge on any atom is 0.128 e. The largest absolute Gasteiger partial charge is 0.491 e. The number of halogens is 2. The van der Waals surface area contributed by atoms with Gasteiger partial charge in [0.15, 0.2) is 0 Å². The fourth-order valence-corrected chi connectivity index (χ4v) is 4.29. The molecule has 0 spiro atoms. The average Bonchev–Trinajstić information content (AvgIpc) is 3.01. The highest BCUT2D eigenvalue weighted by Crippen LogP contribution is 2.36. The number of nitrogens with zero attached hydrogens (tertiary/aromatic N) is 2. The second-order valence-electron chi connectivity index (χ2n) is 7.00. The molecule has 0 fully saturated rings. The monoisotopic (exact) mass is 427 g/mol. The summed E-state index contributed by atoms with van der Waals surface area (Å²) in [5.74, 6) is 0.837. The van der Waals surface area contributed by atoms with Crippen molar-refractivity contribution in [2.24, 2.45) is 0 Å². The Morgan fingerprint density at radius 3 is 2.76 bits per heavy atom. The number of aromatic nitrogens is 2. The van der Waals surface area contributed by atoms with Crippen molar-refractivity contribution in [3.63, 3.8) is 0 Å². The van der Waals surface area contributed by atoms with E-state index in [1.54, 1.807) is 6.20 Å². The van der Waals surface area contributed by atoms with E-state index in [1.165, 1.54) is 11.3 Å². The van der Waals surface area contributed by atoms with E-state index in [-0.39, 0.29) is 0 Å². The highest BCUT2D eigenvalue weighted by atomic mass is 35.5. The number of benzene rings is 2. The fourth-order valence-electron chi connectivity index (χ4n) is 3.87. The molecule has 6 heteroatoms. The standard InChI is InChI=1S/C23H23Cl2N3O/c1-15-16(10-12-26-2)17-8-9-19(24)22(25)23(17)28(15)13-14-29-21-7-3-6-20-18(21)5-4-11-27-20/h3-9,11,26H,10,12-14H2,1-2H3. The molecule has 0 amide bonds. The molecule has 0 unspecified atom stereocenters. The summed E-state index contributed by atoms with van der Waals surface area (Å²) in [6.07, 6.45) is 2.72. The van der Waals surface area contributed by atoms with Crippen LogP contribution in [0.4, 0.5) is 0 Å². The summed E-state index contributed by atoms with van der Waals surface area (Å²) in [7, 11) is 1.96. The second kappa shape index (κ2) is 8.62. The van der Waals surface area contributed by atoms with Gasteiger partial charge in [-0.15, -0.1) is 0 Å². The van der Waals surface area contributed by atoms with Crippen molar-refractivity contribution in [3.8, 4) is 5.75 Å². The number of pyridine rings is 1. The van der Waals surface area contributed by atoms with Crippen molar-refractivity contribution in [2.75, 3.05) is 20.2 Å². The van der Waals surface area contributed by atoms with E-state index < -0.39 is 0 Å². The van der Waals surface area contributed by atoms with Gasteiger partial charge in [-0.2, -0.15) is 0 Å². The van der Waals surface area contributed by atoms with Crippen LogP contribution in [-0.4, -0.2) is 29.8 Å². The normalized spacial score (nSPS) is 11.4. The third kappa shape index (κ3) is 3.80. The minimum atomic E-state index is 0.521. The summed E-state index contributed by atoms with van der Waals surface area (Å²) >= 11 is 12.9. The number of nitrogens with one attached hydrogen (secondary N) is 1. The summed E-state index contributed by atoms with van der Waals surface area (Å²) in [6.45, 7) is 4.24. The maximum absolute atomic E-state index is 6.61. The molecule has 0 saturated heterocycles. The first-order valence-corrected chi connectivity index (χ1v) is 10.4. The molecular formula is C23H23Cl2N3O. The summed E-state index contributed by atoms with van der Waals surface area (Å²) in [4.78, 5) is 4.39. The predicted octanol–water partition coefficient (Wildman–Crippen LogP) is 5.65. The van der Waals surface area contributed by atoms with E-state index in [2.05, 4.69) is 27.9 Å². The van der Waals surface area contributed by atoms with E-state index in [0.717, 1.165) is 40.5 Å². The molecule has 4 aromatic rings. The van der Waals surface area contributed by atoms with Crippen LogP contribution in [0.3, 0.4) is 0 Å². The Morgan fingerprint density at radius 2 is 1.93 bits per heavy atom. The molecule has 0 aliphatic rings. The lowest BCUT2D eigenvalue weighted by Gasteiger charge is -2.13. The van der Waals surface area contributed by atoms with Gasteiger partial charge in [0.05, 0.1) is 27.6 Å². The Bertz CT molecular complexity index is 1160. The highest BCUT2D eigenvalue weighted by molar-refractivity contribution is 6.45. The van der Waals surface area contributed by atoms with Crippen molar-refractivity contribution in [1.82, 2.24) is 14.9 Å². The van der Waals surface area contributed by atoms with E-state index in [0.29, 0.717) is 23.2 Å². The number of hydrogen-bond acceptors (Lipinski definition) is 3. The van der Waals surface area contributed by atoms with Gasteiger partial charge in [0.1, 0.15) is 12.4 Å². The Morgan fingerprint density at radius 1 is 1.07 bits per heavy atom. The Labute approximate surface area is 180 Å². The highest BCUT2D eigenvalue weighted by Gasteiger charge is 2.18. The molecular weight excluding hydrogens is 405 g/mol. The quantitative estimate of drug-likeness (QED) is 0.414. The van der Waals surface area contributed by atoms with Crippen LogP contribution in [0.1, 0.15) is 11.3 Å². The molecule has 1 N–H and O–H groups in total. The molecule has 0 aliphatic carbocycles. The van der Waals surface area contributed by atoms with Gasteiger partial charge in [0.2, 0.25) is 0 Å². The summed E-state index contributed by atoms with van der Waals surface area (Å²) < 4.78 is 8.36. The third-order valence-electron chi connectivity index (χ3n) is 5.31. The van der Waals surface area contributed by atoms with Crippen LogP contribution in [0.25, 0.3) is 21.8 Å². The van der Waals surface area contributed by atoms with Crippen LogP contribution >= 0.6 is 23.2 Å². The first-order valence-electron chi connectivity index (χ1n) is 9.68. The van der Waals surface area contributed by atoms with E-state index in [9.17, 15) is 0 Å². The summed E-state index contributed by atoms with van der Waals surface area (Å²) in [5.41, 5.74) is 4.40. The Kier molecular flexibility index (Phi) is 5.95. The molecule has 0 radical (unpaired) electrons. The van der Waals surface area contributed by atoms with Crippen molar-refractivity contribution >= 4 is 45.0 Å². The molecule has 2 aromatic carbocycles. The Hall–Kier alpha value is -2.27. The van der Waals surface area contributed by atoms with Crippen molar-refractivity contribution < 1.29 is 4.74 Å². The van der Waals surface area contributed by atoms with Crippen LogP contribution in [0, 0.1) is 6.92 Å². The van der Waals surface area contributed by atoms with Crippen LogP contribution in [0.2, 0.25) is 10.0 Å². The zero-order valence-electron chi connectivity index (χ0n) is 16.5. The predicted molar refractivity (Wildman–Crippen MR) is 122 cm³/mol. The SMILES string of the molecule is CNCCc1c(C)n(CCOc2cccc3ncccc23)c2c(Cl)c(Cl)ccc12. The minimum absolute atomic E-state index is 0.521. The van der Waals surface area contributed by atoms with E-state index in [1.807, 2.05) is 43.4 Å². The lowest BCUT2D eigenvalue weighted by molar-refractivity contribution is 0.302. The van der Waals surface area contributed by atoms with Crippen molar-refractivity contribution in [3.05, 3.63) is 70.0 Å². The molecule has 0 aliphatic heterocycles. The van der Waals surface area contributed by atoms with Gasteiger partial charge in [0, 0.05) is 22.7 Å². The summed E-state index contributed by atoms with van der Waals surface area (Å²) in [5, 5.41) is 6.56. The van der Waals surface area contributed by atoms with Crippen molar-refractivity contribution in [2.45, 2.75) is 19.9 Å². The molecule has 2 aromatic heterocycles. The molecule has 4 rings (SSSR count). The maximum atomic E-state index is 6.61. The third-order valence-corrected chi connectivity index (χ3v) is 6.10. The van der Waals surface area contributed by atoms with Gasteiger partial charge >= 0.3 is 0 Å². The van der Waals surface area contributed by atoms with E-state index in [4.69, 9.17) is 27.9 Å². The molecule has 0 atom stereocenters. The zero-order valence-corrected chi connectivity index (χ0v) is 18.0. The van der Waals surface area contributed by atoms with Crippen LogP contribution in [0.15, 0.2) is 48.7 Å². The molecule has 150 valence electrons. The minimum Gasteiger partial charge on any atom is -0.491 e. The van der Waals surface area contributed by atoms with Gasteiger partial charge in [-0.3, -0.25) is 4.98 Å². The zero-order chi connectivity index (χ0) is 20.4. The first-order chi connectivity index (χ1) is 14.1. The molecule has 2 heterocycles. The second-order valence-corrected chi connectivity index (χ2v) is 7.79. The van der Waals surface area contributed by atoms with E-state index >= 15 is 0 Å². The van der Waals surface area contributed by atoms with Gasteiger partial charge in [-0.25, -0.2) is 0 Å². The average molecular weight is 428 g/mol. The van der Waals surface area contributed by atoms with Gasteiger partial charge in [-0.05, 0) is 62.8 Å². The smallest absolute Gasteiger partial charge is 0.128 e. The van der Waals surface area contributed by atoms with Crippen LogP contribution < -0.4 is 10.1 Å². The number of hydrogen-bond donors (Lipinski definition) is 1. The topological polar surface area (TPSA) is 39.1 Å². The lowest BCUT2D eigenvalue weighted by Crippen LogP contribution is -2.12. The molecule has 29 heavy (non-hydrogen) atoms. The van der Waals surface area contributed by atoms with Gasteiger partial charge < -0.3 is 14.6 Å². The summed E-state index contributed by atoms with van der Waals surface area (Å²) in [6, 6.07) is 13.8. The number of fused-ring (bicyclic) bond motifs is 2. The Balaban J connectivity index is 1.65. The lowest BCUT2D eigenvalue weighted by atomic mass is 10.1. The van der Waals surface area contributed by atoms with Gasteiger partial charge in [0.25, 0.3) is 0 Å². The molecule has 0 bridgehead atoms. The van der Waals surface area contributed by atoms with Crippen LogP contribution in [-0.2, 0) is 13.0 Å². The number of rotatable bonds is 7. The van der Waals surface area contributed by atoms with Crippen molar-refractivity contribution in [1.29, 1.82) is 0 Å².